The second-order valence-corrected chi connectivity index (χ2v) is 12.1. The van der Waals surface area contributed by atoms with E-state index in [1.165, 1.54) is 11.3 Å². The van der Waals surface area contributed by atoms with Gasteiger partial charge in [0.05, 0.1) is 11.9 Å². The molecule has 1 fully saturated rings. The van der Waals surface area contributed by atoms with Crippen molar-refractivity contribution < 1.29 is 18.0 Å². The van der Waals surface area contributed by atoms with E-state index < -0.39 is 28.5 Å². The summed E-state index contributed by atoms with van der Waals surface area (Å²) < 4.78 is 27.1. The summed E-state index contributed by atoms with van der Waals surface area (Å²) in [6, 6.07) is 19.9. The van der Waals surface area contributed by atoms with Crippen molar-refractivity contribution in [3.05, 3.63) is 77.9 Å². The van der Waals surface area contributed by atoms with Gasteiger partial charge in [0.15, 0.2) is 0 Å². The quantitative estimate of drug-likeness (QED) is 0.427. The molecule has 7 nitrogen and oxygen atoms in total. The van der Waals surface area contributed by atoms with Gasteiger partial charge < -0.3 is 10.2 Å². The van der Waals surface area contributed by atoms with Gasteiger partial charge in [-0.25, -0.2) is 8.42 Å². The minimum atomic E-state index is -3.80. The van der Waals surface area contributed by atoms with Crippen LogP contribution in [0.3, 0.4) is 0 Å². The molecule has 2 amide bonds. The van der Waals surface area contributed by atoms with Crippen LogP contribution in [0.2, 0.25) is 0 Å². The van der Waals surface area contributed by atoms with Gasteiger partial charge in [-0.05, 0) is 49.3 Å². The molecule has 1 N–H and O–H groups in total. The molecular formula is C30H37N3O4S. The maximum atomic E-state index is 13.9. The Balaban J connectivity index is 1.65. The SMILES string of the molecule is Cc1ccccc1CN(C(=O)CN(c1cccc2ccccc12)S(C)(=O)=O)C(C)C(=O)NC1CCCCC1. The minimum absolute atomic E-state index is 0.109. The van der Waals surface area contributed by atoms with Crippen molar-refractivity contribution in [3.8, 4) is 0 Å². The Morgan fingerprint density at radius 2 is 1.61 bits per heavy atom. The molecule has 0 radical (unpaired) electrons. The normalized spacial score (nSPS) is 15.1. The molecule has 0 saturated heterocycles. The van der Waals surface area contributed by atoms with E-state index >= 15 is 0 Å². The standard InChI is InChI=1S/C30H37N3O4S/c1-22-12-7-8-14-25(22)20-32(23(2)30(35)31-26-16-5-4-6-17-26)29(34)21-33(38(3,36)37)28-19-11-15-24-13-9-10-18-27(24)28/h7-15,18-19,23,26H,4-6,16-17,20-21H2,1-3H3,(H,31,35). The number of hydrogen-bond acceptors (Lipinski definition) is 4. The largest absolute Gasteiger partial charge is 0.352 e. The number of amides is 2. The molecule has 202 valence electrons. The van der Waals surface area contributed by atoms with Crippen LogP contribution in [0.15, 0.2) is 66.7 Å². The van der Waals surface area contributed by atoms with E-state index in [2.05, 4.69) is 5.32 Å². The lowest BCUT2D eigenvalue weighted by molar-refractivity contribution is -0.139. The number of sulfonamides is 1. The van der Waals surface area contributed by atoms with Crippen molar-refractivity contribution in [1.82, 2.24) is 10.2 Å². The topological polar surface area (TPSA) is 86.8 Å². The van der Waals surface area contributed by atoms with Crippen LogP contribution in [0.1, 0.15) is 50.2 Å². The van der Waals surface area contributed by atoms with E-state index in [4.69, 9.17) is 0 Å². The number of carbonyl (C=O) groups excluding carboxylic acids is 2. The fourth-order valence-electron chi connectivity index (χ4n) is 5.14. The van der Waals surface area contributed by atoms with Crippen molar-refractivity contribution >= 4 is 38.3 Å². The Morgan fingerprint density at radius 3 is 2.32 bits per heavy atom. The maximum absolute atomic E-state index is 13.9. The summed E-state index contributed by atoms with van der Waals surface area (Å²) in [7, 11) is -3.80. The molecule has 1 atom stereocenters. The average molecular weight is 536 g/mol. The first kappa shape index (κ1) is 27.6. The van der Waals surface area contributed by atoms with Crippen LogP contribution >= 0.6 is 0 Å². The zero-order valence-corrected chi connectivity index (χ0v) is 23.2. The van der Waals surface area contributed by atoms with Crippen LogP contribution in [0.4, 0.5) is 5.69 Å². The lowest BCUT2D eigenvalue weighted by atomic mass is 9.95. The molecule has 1 unspecified atom stereocenters. The Labute approximate surface area is 225 Å². The van der Waals surface area contributed by atoms with Gasteiger partial charge in [-0.2, -0.15) is 0 Å². The zero-order valence-electron chi connectivity index (χ0n) is 22.4. The summed E-state index contributed by atoms with van der Waals surface area (Å²) >= 11 is 0. The number of nitrogens with zero attached hydrogens (tertiary/aromatic N) is 2. The van der Waals surface area contributed by atoms with Crippen molar-refractivity contribution in [3.63, 3.8) is 0 Å². The van der Waals surface area contributed by atoms with Gasteiger partial charge in [0.25, 0.3) is 0 Å². The van der Waals surface area contributed by atoms with Gasteiger partial charge in [0, 0.05) is 18.0 Å². The molecule has 8 heteroatoms. The fraction of sp³-hybridized carbons (Fsp3) is 0.400. The monoisotopic (exact) mass is 535 g/mol. The van der Waals surface area contributed by atoms with Gasteiger partial charge in [-0.1, -0.05) is 79.9 Å². The van der Waals surface area contributed by atoms with Crippen molar-refractivity contribution in [1.29, 1.82) is 0 Å². The molecule has 3 aromatic carbocycles. The Morgan fingerprint density at radius 1 is 0.947 bits per heavy atom. The highest BCUT2D eigenvalue weighted by atomic mass is 32.2. The van der Waals surface area contributed by atoms with E-state index in [0.29, 0.717) is 5.69 Å². The molecular weight excluding hydrogens is 498 g/mol. The van der Waals surface area contributed by atoms with Gasteiger partial charge in [0.1, 0.15) is 12.6 Å². The van der Waals surface area contributed by atoms with Gasteiger partial charge in [0.2, 0.25) is 21.8 Å². The summed E-state index contributed by atoms with van der Waals surface area (Å²) in [5.41, 5.74) is 2.35. The third kappa shape index (κ3) is 6.54. The Bertz CT molecular complexity index is 1390. The first-order valence-corrected chi connectivity index (χ1v) is 15.1. The predicted octanol–water partition coefficient (Wildman–Crippen LogP) is 4.78. The van der Waals surface area contributed by atoms with Gasteiger partial charge in [-0.3, -0.25) is 13.9 Å². The molecule has 1 aliphatic carbocycles. The molecule has 38 heavy (non-hydrogen) atoms. The highest BCUT2D eigenvalue weighted by Crippen LogP contribution is 2.29. The van der Waals surface area contributed by atoms with Crippen LogP contribution in [-0.2, 0) is 26.2 Å². The number of hydrogen-bond donors (Lipinski definition) is 1. The number of carbonyl (C=O) groups is 2. The molecule has 4 rings (SSSR count). The van der Waals surface area contributed by atoms with E-state index in [1.54, 1.807) is 19.1 Å². The van der Waals surface area contributed by atoms with Crippen LogP contribution in [-0.4, -0.2) is 50.0 Å². The predicted molar refractivity (Wildman–Crippen MR) is 152 cm³/mol. The maximum Gasteiger partial charge on any atom is 0.244 e. The minimum Gasteiger partial charge on any atom is -0.352 e. The van der Waals surface area contributed by atoms with E-state index in [1.807, 2.05) is 61.5 Å². The highest BCUT2D eigenvalue weighted by Gasteiger charge is 2.31. The molecule has 0 heterocycles. The van der Waals surface area contributed by atoms with Crippen LogP contribution in [0, 0.1) is 6.92 Å². The summed E-state index contributed by atoms with van der Waals surface area (Å²) in [6.45, 7) is 3.48. The van der Waals surface area contributed by atoms with E-state index in [-0.39, 0.29) is 18.5 Å². The van der Waals surface area contributed by atoms with Gasteiger partial charge in [-0.15, -0.1) is 0 Å². The lowest BCUT2D eigenvalue weighted by Crippen LogP contribution is -2.53. The van der Waals surface area contributed by atoms with Crippen LogP contribution in [0.25, 0.3) is 10.8 Å². The van der Waals surface area contributed by atoms with Gasteiger partial charge >= 0.3 is 0 Å². The second kappa shape index (κ2) is 12.0. The van der Waals surface area contributed by atoms with E-state index in [0.717, 1.165) is 58.1 Å². The molecule has 1 aliphatic rings. The van der Waals surface area contributed by atoms with E-state index in [9.17, 15) is 18.0 Å². The second-order valence-electron chi connectivity index (χ2n) is 10.2. The number of fused-ring (bicyclic) bond motifs is 1. The third-order valence-electron chi connectivity index (χ3n) is 7.44. The fourth-order valence-corrected chi connectivity index (χ4v) is 6.00. The molecule has 3 aromatic rings. The van der Waals surface area contributed by atoms with Crippen molar-refractivity contribution in [2.45, 2.75) is 64.6 Å². The summed E-state index contributed by atoms with van der Waals surface area (Å²) in [6.07, 6.45) is 6.32. The number of benzene rings is 3. The molecule has 1 saturated carbocycles. The number of aryl methyl sites for hydroxylation is 1. The number of nitrogens with one attached hydrogen (secondary N) is 1. The van der Waals surface area contributed by atoms with Crippen LogP contribution in [0.5, 0.6) is 0 Å². The Hall–Kier alpha value is -3.39. The van der Waals surface area contributed by atoms with Crippen molar-refractivity contribution in [2.75, 3.05) is 17.1 Å². The average Bonchev–Trinajstić information content (AvgIpc) is 2.90. The summed E-state index contributed by atoms with van der Waals surface area (Å²) in [5.74, 6) is -0.646. The lowest BCUT2D eigenvalue weighted by Gasteiger charge is -2.33. The zero-order chi connectivity index (χ0) is 27.3. The smallest absolute Gasteiger partial charge is 0.244 e. The molecule has 0 aliphatic heterocycles. The first-order chi connectivity index (χ1) is 18.1. The third-order valence-corrected chi connectivity index (χ3v) is 8.56. The Kier molecular flexibility index (Phi) is 8.72. The van der Waals surface area contributed by atoms with Crippen molar-refractivity contribution in [2.24, 2.45) is 0 Å². The summed E-state index contributed by atoms with van der Waals surface area (Å²) in [5, 5.41) is 4.74. The molecule has 0 spiro atoms. The summed E-state index contributed by atoms with van der Waals surface area (Å²) in [4.78, 5) is 28.7. The number of rotatable bonds is 9. The molecule has 0 aromatic heterocycles. The highest BCUT2D eigenvalue weighted by molar-refractivity contribution is 7.92. The molecule has 0 bridgehead atoms. The van der Waals surface area contributed by atoms with Crippen LogP contribution < -0.4 is 9.62 Å². The first-order valence-electron chi connectivity index (χ1n) is 13.2. The number of anilines is 1.